The molecule has 2 N–H and O–H groups in total. The number of hydrogen-bond donors (Lipinski definition) is 1. The van der Waals surface area contributed by atoms with Crippen LogP contribution in [-0.2, 0) is 24.8 Å². The molecule has 1 fully saturated rings. The number of hydrogen-bond acceptors (Lipinski definition) is 5. The number of Topliss-reactive ketones (excluding diaryl/α,β-unsaturated/α-hetero) is 1. The van der Waals surface area contributed by atoms with Gasteiger partial charge in [0, 0.05) is 18.4 Å². The first-order valence-corrected chi connectivity index (χ1v) is 8.41. The van der Waals surface area contributed by atoms with E-state index in [0.29, 0.717) is 24.6 Å². The molecule has 2 aliphatic rings. The van der Waals surface area contributed by atoms with Gasteiger partial charge in [-0.1, -0.05) is 17.3 Å². The summed E-state index contributed by atoms with van der Waals surface area (Å²) in [5.74, 6) is 1.22. The second kappa shape index (κ2) is 5.57. The van der Waals surface area contributed by atoms with Gasteiger partial charge in [-0.2, -0.15) is 4.98 Å². The molecule has 0 radical (unpaired) electrons. The van der Waals surface area contributed by atoms with Crippen LogP contribution in [0.2, 0.25) is 0 Å². The summed E-state index contributed by atoms with van der Waals surface area (Å²) < 4.78 is 5.25. The van der Waals surface area contributed by atoms with E-state index in [4.69, 9.17) is 10.3 Å². The van der Waals surface area contributed by atoms with E-state index in [1.54, 1.807) is 0 Å². The Balaban J connectivity index is 1.40. The van der Waals surface area contributed by atoms with Crippen molar-refractivity contribution in [3.05, 3.63) is 46.6 Å². The Morgan fingerprint density at radius 2 is 2.04 bits per heavy atom. The second-order valence-electron chi connectivity index (χ2n) is 6.78. The van der Waals surface area contributed by atoms with E-state index in [9.17, 15) is 4.79 Å². The maximum atomic E-state index is 12.4. The van der Waals surface area contributed by atoms with Gasteiger partial charge in [0.15, 0.2) is 11.6 Å². The molecule has 1 saturated carbocycles. The molecule has 120 valence electrons. The van der Waals surface area contributed by atoms with Crippen molar-refractivity contribution in [1.82, 2.24) is 10.1 Å². The summed E-state index contributed by atoms with van der Waals surface area (Å²) in [7, 11) is 0. The third kappa shape index (κ3) is 2.70. The molecule has 0 bridgehead atoms. The molecule has 1 aromatic carbocycles. The molecule has 0 amide bonds. The minimum atomic E-state index is -0.411. The van der Waals surface area contributed by atoms with Gasteiger partial charge in [-0.25, -0.2) is 0 Å². The number of fused-ring (bicyclic) bond motifs is 1. The zero-order valence-corrected chi connectivity index (χ0v) is 13.2. The molecule has 4 rings (SSSR count). The van der Waals surface area contributed by atoms with Crippen molar-refractivity contribution >= 4 is 5.78 Å². The fourth-order valence-corrected chi connectivity index (χ4v) is 3.45. The lowest BCUT2D eigenvalue weighted by Crippen LogP contribution is -2.44. The SMILES string of the molecule is NC1(c2noc(CCC(=O)c3ccc4c(c3)CCC4)n2)CCC1. The average Bonchev–Trinajstić information content (AvgIpc) is 3.18. The Labute approximate surface area is 135 Å². The molecule has 0 atom stereocenters. The van der Waals surface area contributed by atoms with E-state index in [2.05, 4.69) is 16.2 Å². The number of benzene rings is 1. The Bertz CT molecular complexity index is 746. The molecule has 5 heteroatoms. The third-order valence-corrected chi connectivity index (χ3v) is 5.15. The smallest absolute Gasteiger partial charge is 0.227 e. The van der Waals surface area contributed by atoms with Crippen LogP contribution in [0.25, 0.3) is 0 Å². The molecule has 2 aromatic rings. The summed E-state index contributed by atoms with van der Waals surface area (Å²) in [4.78, 5) is 16.7. The highest BCUT2D eigenvalue weighted by Gasteiger charge is 2.38. The first kappa shape index (κ1) is 14.6. The van der Waals surface area contributed by atoms with E-state index in [1.807, 2.05) is 12.1 Å². The number of rotatable bonds is 5. The zero-order valence-electron chi connectivity index (χ0n) is 13.2. The Morgan fingerprint density at radius 3 is 2.83 bits per heavy atom. The minimum Gasteiger partial charge on any atom is -0.339 e. The summed E-state index contributed by atoms with van der Waals surface area (Å²) >= 11 is 0. The van der Waals surface area contributed by atoms with E-state index in [-0.39, 0.29) is 5.78 Å². The van der Waals surface area contributed by atoms with Crippen LogP contribution in [0.3, 0.4) is 0 Å². The van der Waals surface area contributed by atoms with Crippen LogP contribution in [-0.4, -0.2) is 15.9 Å². The lowest BCUT2D eigenvalue weighted by atomic mass is 9.77. The zero-order chi connectivity index (χ0) is 15.9. The van der Waals surface area contributed by atoms with E-state index < -0.39 is 5.54 Å². The van der Waals surface area contributed by atoms with Crippen molar-refractivity contribution in [2.24, 2.45) is 5.73 Å². The van der Waals surface area contributed by atoms with Crippen molar-refractivity contribution in [3.8, 4) is 0 Å². The third-order valence-electron chi connectivity index (χ3n) is 5.15. The van der Waals surface area contributed by atoms with Crippen LogP contribution >= 0.6 is 0 Å². The first-order valence-electron chi connectivity index (χ1n) is 8.41. The number of carbonyl (C=O) groups excluding carboxylic acids is 1. The molecule has 0 spiro atoms. The van der Waals surface area contributed by atoms with E-state index in [1.165, 1.54) is 17.5 Å². The average molecular weight is 311 g/mol. The highest BCUT2D eigenvalue weighted by molar-refractivity contribution is 5.96. The van der Waals surface area contributed by atoms with Crippen LogP contribution in [0.5, 0.6) is 0 Å². The molecule has 0 unspecified atom stereocenters. The maximum Gasteiger partial charge on any atom is 0.227 e. The van der Waals surface area contributed by atoms with Gasteiger partial charge in [0.25, 0.3) is 0 Å². The Hall–Kier alpha value is -2.01. The van der Waals surface area contributed by atoms with Crippen LogP contribution in [0.15, 0.2) is 22.7 Å². The lowest BCUT2D eigenvalue weighted by Gasteiger charge is -2.34. The van der Waals surface area contributed by atoms with Crippen LogP contribution in [0, 0.1) is 0 Å². The maximum absolute atomic E-state index is 12.4. The fourth-order valence-electron chi connectivity index (χ4n) is 3.45. The van der Waals surface area contributed by atoms with Gasteiger partial charge >= 0.3 is 0 Å². The van der Waals surface area contributed by atoms with E-state index >= 15 is 0 Å². The molecule has 1 aromatic heterocycles. The normalized spacial score (nSPS) is 18.5. The number of ketones is 1. The highest BCUT2D eigenvalue weighted by atomic mass is 16.5. The molecule has 0 aliphatic heterocycles. The molecule has 5 nitrogen and oxygen atoms in total. The Kier molecular flexibility index (Phi) is 3.53. The minimum absolute atomic E-state index is 0.130. The topological polar surface area (TPSA) is 82.0 Å². The van der Waals surface area contributed by atoms with Crippen molar-refractivity contribution in [2.75, 3.05) is 0 Å². The number of aromatic nitrogens is 2. The van der Waals surface area contributed by atoms with Gasteiger partial charge in [-0.05, 0) is 55.7 Å². The van der Waals surface area contributed by atoms with Gasteiger partial charge in [-0.3, -0.25) is 4.79 Å². The van der Waals surface area contributed by atoms with Crippen LogP contribution in [0.1, 0.15) is 65.3 Å². The summed E-state index contributed by atoms with van der Waals surface area (Å²) in [5.41, 5.74) is 9.28. The van der Waals surface area contributed by atoms with Crippen molar-refractivity contribution in [1.29, 1.82) is 0 Å². The number of nitrogens with zero attached hydrogens (tertiary/aromatic N) is 2. The number of aryl methyl sites for hydroxylation is 3. The second-order valence-corrected chi connectivity index (χ2v) is 6.78. The van der Waals surface area contributed by atoms with Gasteiger partial charge in [-0.15, -0.1) is 0 Å². The quantitative estimate of drug-likeness (QED) is 0.859. The van der Waals surface area contributed by atoms with E-state index in [0.717, 1.165) is 37.7 Å². The number of carbonyl (C=O) groups is 1. The number of nitrogens with two attached hydrogens (primary N) is 1. The van der Waals surface area contributed by atoms with Crippen molar-refractivity contribution in [2.45, 2.75) is 56.9 Å². The molecule has 2 aliphatic carbocycles. The molecule has 1 heterocycles. The predicted octanol–water partition coefficient (Wildman–Crippen LogP) is 2.71. The summed E-state index contributed by atoms with van der Waals surface area (Å²) in [6.07, 6.45) is 7.18. The Morgan fingerprint density at radius 1 is 1.22 bits per heavy atom. The van der Waals surface area contributed by atoms with Gasteiger partial charge in [0.1, 0.15) is 0 Å². The van der Waals surface area contributed by atoms with Crippen LogP contribution < -0.4 is 5.73 Å². The summed E-state index contributed by atoms with van der Waals surface area (Å²) in [5, 5.41) is 3.99. The fraction of sp³-hybridized carbons (Fsp3) is 0.500. The van der Waals surface area contributed by atoms with Crippen molar-refractivity contribution < 1.29 is 9.32 Å². The lowest BCUT2D eigenvalue weighted by molar-refractivity contribution is 0.0979. The summed E-state index contributed by atoms with van der Waals surface area (Å²) in [6, 6.07) is 6.08. The van der Waals surface area contributed by atoms with Gasteiger partial charge in [0.2, 0.25) is 5.89 Å². The first-order chi connectivity index (χ1) is 11.1. The standard InChI is InChI=1S/C18H21N3O2/c19-18(9-2-10-18)17-20-16(23-21-17)8-7-15(22)14-6-5-12-3-1-4-13(12)11-14/h5-6,11H,1-4,7-10,19H2. The predicted molar refractivity (Wildman–Crippen MR) is 85.1 cm³/mol. The van der Waals surface area contributed by atoms with Gasteiger partial charge in [0.05, 0.1) is 5.54 Å². The molecule has 23 heavy (non-hydrogen) atoms. The van der Waals surface area contributed by atoms with Gasteiger partial charge < -0.3 is 10.3 Å². The monoisotopic (exact) mass is 311 g/mol. The van der Waals surface area contributed by atoms with Crippen molar-refractivity contribution in [3.63, 3.8) is 0 Å². The van der Waals surface area contributed by atoms with Crippen LogP contribution in [0.4, 0.5) is 0 Å². The summed E-state index contributed by atoms with van der Waals surface area (Å²) in [6.45, 7) is 0. The molecule has 0 saturated heterocycles. The molecular formula is C18H21N3O2. The largest absolute Gasteiger partial charge is 0.339 e. The highest BCUT2D eigenvalue weighted by Crippen LogP contribution is 2.36. The molecular weight excluding hydrogens is 290 g/mol.